The molecule has 0 saturated carbocycles. The minimum absolute atomic E-state index is 0.151. The number of nitrogens with zero attached hydrogens (tertiary/aromatic N) is 4. The van der Waals surface area contributed by atoms with E-state index in [1.54, 1.807) is 54.7 Å². The van der Waals surface area contributed by atoms with Gasteiger partial charge >= 0.3 is 0 Å². The van der Waals surface area contributed by atoms with E-state index in [0.29, 0.717) is 11.3 Å². The molecular formula is C33H34N4O3S. The van der Waals surface area contributed by atoms with Gasteiger partial charge in [0.15, 0.2) is 5.65 Å². The topological polar surface area (TPSA) is 78.7 Å². The average molecular weight is 567 g/mol. The quantitative estimate of drug-likeness (QED) is 0.285. The highest BCUT2D eigenvalue weighted by molar-refractivity contribution is 7.90. The van der Waals surface area contributed by atoms with E-state index in [1.807, 2.05) is 19.9 Å². The van der Waals surface area contributed by atoms with Crippen LogP contribution in [0.3, 0.4) is 0 Å². The first-order valence-corrected chi connectivity index (χ1v) is 15.3. The number of hydrogen-bond acceptors (Lipinski definition) is 6. The van der Waals surface area contributed by atoms with Crippen molar-refractivity contribution in [2.24, 2.45) is 0 Å². The Bertz CT molecular complexity index is 1800. The summed E-state index contributed by atoms with van der Waals surface area (Å²) < 4.78 is 29.2. The van der Waals surface area contributed by atoms with Gasteiger partial charge in [0.1, 0.15) is 5.75 Å². The van der Waals surface area contributed by atoms with Crippen LogP contribution in [-0.4, -0.2) is 65.5 Å². The van der Waals surface area contributed by atoms with Gasteiger partial charge in [0.2, 0.25) is 0 Å². The lowest BCUT2D eigenvalue weighted by Crippen LogP contribution is -2.43. The average Bonchev–Trinajstić information content (AvgIpc) is 3.27. The van der Waals surface area contributed by atoms with Crippen molar-refractivity contribution in [2.75, 3.05) is 33.2 Å². The predicted octanol–water partition coefficient (Wildman–Crippen LogP) is 5.68. The van der Waals surface area contributed by atoms with Crippen molar-refractivity contribution in [2.45, 2.75) is 25.3 Å². The largest absolute Gasteiger partial charge is 0.508 e. The van der Waals surface area contributed by atoms with Gasteiger partial charge in [0.25, 0.3) is 10.0 Å². The van der Waals surface area contributed by atoms with Crippen LogP contribution in [0.4, 0.5) is 0 Å². The van der Waals surface area contributed by atoms with Crippen LogP contribution in [-0.2, 0) is 16.6 Å². The lowest BCUT2D eigenvalue weighted by molar-refractivity contribution is 0.148. The monoisotopic (exact) mass is 566 g/mol. The molecule has 0 atom stereocenters. The van der Waals surface area contributed by atoms with E-state index in [0.717, 1.165) is 65.9 Å². The number of pyridine rings is 1. The summed E-state index contributed by atoms with van der Waals surface area (Å²) >= 11 is 0. The van der Waals surface area contributed by atoms with E-state index in [-0.39, 0.29) is 10.6 Å². The lowest BCUT2D eigenvalue weighted by atomic mass is 10.00. The Hall–Kier alpha value is -3.98. The Morgan fingerprint density at radius 3 is 2.10 bits per heavy atom. The molecule has 1 N–H and O–H groups in total. The number of aromatic hydroxyl groups is 1. The van der Waals surface area contributed by atoms with Crippen molar-refractivity contribution in [1.29, 1.82) is 0 Å². The number of benzene rings is 3. The molecule has 0 unspecified atom stereocenters. The summed E-state index contributed by atoms with van der Waals surface area (Å²) in [5.41, 5.74) is 6.71. The lowest BCUT2D eigenvalue weighted by Gasteiger charge is -2.32. The minimum atomic E-state index is -3.91. The maximum absolute atomic E-state index is 13.9. The molecule has 0 aliphatic carbocycles. The van der Waals surface area contributed by atoms with Crippen LogP contribution in [0.25, 0.3) is 33.3 Å². The molecule has 1 fully saturated rings. The third-order valence-electron chi connectivity index (χ3n) is 8.00. The second kappa shape index (κ2) is 10.8. The molecule has 2 aromatic heterocycles. The minimum Gasteiger partial charge on any atom is -0.508 e. The first-order chi connectivity index (χ1) is 19.7. The highest BCUT2D eigenvalue weighted by Crippen LogP contribution is 2.38. The fraction of sp³-hybridized carbons (Fsp3) is 0.242. The molecule has 41 heavy (non-hydrogen) atoms. The van der Waals surface area contributed by atoms with Crippen LogP contribution in [0.5, 0.6) is 5.75 Å². The highest BCUT2D eigenvalue weighted by atomic mass is 32.2. The van der Waals surface area contributed by atoms with Gasteiger partial charge in [-0.2, -0.15) is 0 Å². The van der Waals surface area contributed by atoms with Gasteiger partial charge in [-0.15, -0.1) is 0 Å². The number of fused-ring (bicyclic) bond motifs is 1. The van der Waals surface area contributed by atoms with Crippen molar-refractivity contribution in [3.8, 4) is 28.0 Å². The summed E-state index contributed by atoms with van der Waals surface area (Å²) in [7, 11) is -1.75. The zero-order valence-corrected chi connectivity index (χ0v) is 24.4. The van der Waals surface area contributed by atoms with Gasteiger partial charge in [-0.3, -0.25) is 4.90 Å². The van der Waals surface area contributed by atoms with Crippen molar-refractivity contribution >= 4 is 21.1 Å². The Kier molecular flexibility index (Phi) is 7.15. The number of likely N-dealkylation sites (N-methyl/N-ethyl adjacent to an activating group) is 1. The Morgan fingerprint density at radius 1 is 0.805 bits per heavy atom. The van der Waals surface area contributed by atoms with E-state index >= 15 is 0 Å². The van der Waals surface area contributed by atoms with Crippen LogP contribution >= 0.6 is 0 Å². The number of aryl methyl sites for hydroxylation is 1. The molecule has 3 heterocycles. The number of phenolic OH excluding ortho intramolecular Hbond substituents is 1. The molecule has 1 aliphatic heterocycles. The summed E-state index contributed by atoms with van der Waals surface area (Å²) in [6.45, 7) is 8.98. The molecule has 0 amide bonds. The molecule has 0 spiro atoms. The Labute approximate surface area is 241 Å². The second-order valence-electron chi connectivity index (χ2n) is 11.0. The van der Waals surface area contributed by atoms with Crippen molar-refractivity contribution < 1.29 is 13.5 Å². The molecule has 1 saturated heterocycles. The first-order valence-electron chi connectivity index (χ1n) is 13.8. The third-order valence-corrected chi connectivity index (χ3v) is 9.79. The molecule has 8 heteroatoms. The molecule has 7 nitrogen and oxygen atoms in total. The van der Waals surface area contributed by atoms with Crippen molar-refractivity contribution in [3.05, 3.63) is 102 Å². The normalized spacial score (nSPS) is 15.0. The zero-order chi connectivity index (χ0) is 28.7. The van der Waals surface area contributed by atoms with Crippen LogP contribution < -0.4 is 0 Å². The Balaban J connectivity index is 1.43. The standard InChI is InChI=1S/C33H34N4O3S/c1-23-4-14-30(15-5-23)41(39,40)37-24(2)32(27-10-12-29(38)13-11-27)31-20-28(21-34-33(31)37)26-8-6-25(7-9-26)22-36-18-16-35(3)17-19-36/h4-15,20-21,38H,16-19,22H2,1-3H3. The molecule has 0 radical (unpaired) electrons. The summed E-state index contributed by atoms with van der Waals surface area (Å²) in [5, 5.41) is 10.6. The van der Waals surface area contributed by atoms with Crippen LogP contribution in [0, 0.1) is 13.8 Å². The second-order valence-corrected chi connectivity index (χ2v) is 12.7. The summed E-state index contributed by atoms with van der Waals surface area (Å²) in [4.78, 5) is 9.78. The van der Waals surface area contributed by atoms with Gasteiger partial charge in [-0.25, -0.2) is 17.4 Å². The molecule has 5 aromatic rings. The number of aromatic nitrogens is 2. The number of phenols is 1. The Morgan fingerprint density at radius 2 is 1.44 bits per heavy atom. The molecule has 6 rings (SSSR count). The van der Waals surface area contributed by atoms with E-state index in [1.165, 1.54) is 9.54 Å². The van der Waals surface area contributed by atoms with Crippen molar-refractivity contribution in [1.82, 2.24) is 18.8 Å². The molecule has 3 aromatic carbocycles. The SMILES string of the molecule is Cc1ccc(S(=O)(=O)n2c(C)c(-c3ccc(O)cc3)c3cc(-c4ccc(CN5CCN(C)CC5)cc4)cnc32)cc1. The highest BCUT2D eigenvalue weighted by Gasteiger charge is 2.27. The van der Waals surface area contributed by atoms with Gasteiger partial charge in [-0.05, 0) is 67.9 Å². The fourth-order valence-corrected chi connectivity index (χ4v) is 7.10. The maximum Gasteiger partial charge on any atom is 0.269 e. The van der Waals surface area contributed by atoms with E-state index in [9.17, 15) is 13.5 Å². The maximum atomic E-state index is 13.9. The summed E-state index contributed by atoms with van der Waals surface area (Å²) in [6.07, 6.45) is 1.75. The van der Waals surface area contributed by atoms with Crippen LogP contribution in [0.2, 0.25) is 0 Å². The molecular weight excluding hydrogens is 532 g/mol. The van der Waals surface area contributed by atoms with E-state index in [2.05, 4.69) is 41.1 Å². The van der Waals surface area contributed by atoms with Crippen LogP contribution in [0.1, 0.15) is 16.8 Å². The van der Waals surface area contributed by atoms with Gasteiger partial charge in [-0.1, -0.05) is 54.1 Å². The molecule has 1 aliphatic rings. The summed E-state index contributed by atoms with van der Waals surface area (Å²) in [5.74, 6) is 0.151. The smallest absolute Gasteiger partial charge is 0.269 e. The zero-order valence-electron chi connectivity index (χ0n) is 23.6. The number of piperazine rings is 1. The third kappa shape index (κ3) is 5.26. The number of rotatable bonds is 6. The van der Waals surface area contributed by atoms with Gasteiger partial charge < -0.3 is 10.0 Å². The first kappa shape index (κ1) is 27.2. The summed E-state index contributed by atoms with van der Waals surface area (Å²) in [6, 6.07) is 24.3. The van der Waals surface area contributed by atoms with E-state index < -0.39 is 10.0 Å². The van der Waals surface area contributed by atoms with E-state index in [4.69, 9.17) is 4.98 Å². The number of hydrogen-bond donors (Lipinski definition) is 1. The van der Waals surface area contributed by atoms with Crippen LogP contribution in [0.15, 0.2) is 90.0 Å². The molecule has 210 valence electrons. The fourth-order valence-electron chi connectivity index (χ4n) is 5.59. The predicted molar refractivity (Wildman–Crippen MR) is 164 cm³/mol. The van der Waals surface area contributed by atoms with Gasteiger partial charge in [0, 0.05) is 61.1 Å². The van der Waals surface area contributed by atoms with Crippen molar-refractivity contribution in [3.63, 3.8) is 0 Å². The van der Waals surface area contributed by atoms with Gasteiger partial charge in [0.05, 0.1) is 4.90 Å². The molecule has 0 bridgehead atoms.